The molecule has 6 heteroatoms. The molecule has 90 valence electrons. The highest BCUT2D eigenvalue weighted by molar-refractivity contribution is 9.10. The molecule has 0 aliphatic carbocycles. The predicted molar refractivity (Wildman–Crippen MR) is 66.8 cm³/mol. The monoisotopic (exact) mass is 296 g/mol. The molecule has 1 saturated heterocycles. The number of ether oxygens (including phenoxy) is 1. The number of morpholine rings is 1. The van der Waals surface area contributed by atoms with E-state index in [0.29, 0.717) is 0 Å². The van der Waals surface area contributed by atoms with Crippen molar-refractivity contribution in [3.05, 3.63) is 28.8 Å². The lowest BCUT2D eigenvalue weighted by molar-refractivity contribution is 0.0334. The zero-order chi connectivity index (χ0) is 11.7. The van der Waals surface area contributed by atoms with Crippen LogP contribution in [0, 0.1) is 0 Å². The predicted octanol–water partition coefficient (Wildman–Crippen LogP) is 1.32. The van der Waals surface area contributed by atoms with Crippen LogP contribution in [0.15, 0.2) is 23.1 Å². The highest BCUT2D eigenvalue weighted by atomic mass is 79.9. The Morgan fingerprint density at radius 1 is 1.35 bits per heavy atom. The molecule has 0 amide bonds. The third-order valence-corrected chi connectivity index (χ3v) is 3.59. The number of hydrogen-bond donors (Lipinski definition) is 0. The molecule has 2 aromatic heterocycles. The van der Waals surface area contributed by atoms with Crippen molar-refractivity contribution in [1.82, 2.24) is 19.5 Å². The highest BCUT2D eigenvalue weighted by Gasteiger charge is 2.14. The maximum Gasteiger partial charge on any atom is 0.136 e. The molecule has 5 nitrogen and oxygen atoms in total. The summed E-state index contributed by atoms with van der Waals surface area (Å²) in [5.41, 5.74) is 2.19. The molecule has 2 aromatic rings. The van der Waals surface area contributed by atoms with Crippen molar-refractivity contribution in [1.29, 1.82) is 0 Å². The number of fused-ring (bicyclic) bond motifs is 1. The minimum atomic E-state index is 0.819. The molecule has 0 N–H and O–H groups in total. The molecule has 1 aliphatic rings. The molecule has 0 bridgehead atoms. The first-order valence-corrected chi connectivity index (χ1v) is 6.40. The lowest BCUT2D eigenvalue weighted by Crippen LogP contribution is -2.36. The first kappa shape index (κ1) is 11.1. The largest absolute Gasteiger partial charge is 0.379 e. The first-order chi connectivity index (χ1) is 8.34. The second kappa shape index (κ2) is 4.72. The molecule has 0 saturated carbocycles. The van der Waals surface area contributed by atoms with Gasteiger partial charge in [-0.3, -0.25) is 4.90 Å². The maximum atomic E-state index is 5.35. The molecule has 3 rings (SSSR count). The standard InChI is InChI=1S/C11H13BrN4O/c12-10-5-9(7-15-1-3-17-4-2-15)16-11(10)6-13-8-14-16/h5-6,8H,1-4,7H2. The Morgan fingerprint density at radius 2 is 2.18 bits per heavy atom. The van der Waals surface area contributed by atoms with E-state index in [0.717, 1.165) is 42.8 Å². The summed E-state index contributed by atoms with van der Waals surface area (Å²) >= 11 is 3.54. The first-order valence-electron chi connectivity index (χ1n) is 5.61. The van der Waals surface area contributed by atoms with Gasteiger partial charge in [0.15, 0.2) is 0 Å². The third kappa shape index (κ3) is 2.20. The lowest BCUT2D eigenvalue weighted by Gasteiger charge is -2.26. The Bertz CT molecular complexity index is 521. The van der Waals surface area contributed by atoms with Gasteiger partial charge >= 0.3 is 0 Å². The average molecular weight is 297 g/mol. The van der Waals surface area contributed by atoms with Gasteiger partial charge in [0.25, 0.3) is 0 Å². The molecular formula is C11H13BrN4O. The van der Waals surface area contributed by atoms with Crippen LogP contribution < -0.4 is 0 Å². The van der Waals surface area contributed by atoms with Crippen molar-refractivity contribution in [2.45, 2.75) is 6.54 Å². The van der Waals surface area contributed by atoms with E-state index in [4.69, 9.17) is 4.74 Å². The number of halogens is 1. The third-order valence-electron chi connectivity index (χ3n) is 2.96. The summed E-state index contributed by atoms with van der Waals surface area (Å²) in [5.74, 6) is 0. The van der Waals surface area contributed by atoms with E-state index < -0.39 is 0 Å². The normalized spacial score (nSPS) is 17.7. The summed E-state index contributed by atoms with van der Waals surface area (Å²) in [6.45, 7) is 4.50. The maximum absolute atomic E-state index is 5.35. The van der Waals surface area contributed by atoms with Gasteiger partial charge in [-0.25, -0.2) is 9.50 Å². The van der Waals surface area contributed by atoms with Gasteiger partial charge in [-0.05, 0) is 22.0 Å². The SMILES string of the molecule is Brc1cc(CN2CCOCC2)n2ncncc12. The van der Waals surface area contributed by atoms with Crippen molar-refractivity contribution in [2.24, 2.45) is 0 Å². The average Bonchev–Trinajstić information content (AvgIpc) is 2.69. The van der Waals surface area contributed by atoms with Crippen LogP contribution in [0.3, 0.4) is 0 Å². The number of hydrogen-bond acceptors (Lipinski definition) is 4. The Hall–Kier alpha value is -0.980. The van der Waals surface area contributed by atoms with E-state index in [1.165, 1.54) is 5.69 Å². The Labute approximate surface area is 108 Å². The van der Waals surface area contributed by atoms with Gasteiger partial charge in [0.1, 0.15) is 6.33 Å². The summed E-state index contributed by atoms with van der Waals surface area (Å²) in [6.07, 6.45) is 3.39. The van der Waals surface area contributed by atoms with E-state index in [1.807, 2.05) is 10.7 Å². The van der Waals surface area contributed by atoms with E-state index in [9.17, 15) is 0 Å². The minimum Gasteiger partial charge on any atom is -0.379 e. The fourth-order valence-corrected chi connectivity index (χ4v) is 2.61. The number of rotatable bonds is 2. The van der Waals surface area contributed by atoms with Crippen LogP contribution >= 0.6 is 15.9 Å². The zero-order valence-corrected chi connectivity index (χ0v) is 10.9. The van der Waals surface area contributed by atoms with Gasteiger partial charge in [-0.15, -0.1) is 0 Å². The van der Waals surface area contributed by atoms with Crippen molar-refractivity contribution in [3.8, 4) is 0 Å². The van der Waals surface area contributed by atoms with Gasteiger partial charge in [0, 0.05) is 24.1 Å². The molecule has 0 spiro atoms. The second-order valence-electron chi connectivity index (χ2n) is 4.08. The molecule has 1 aliphatic heterocycles. The molecule has 0 unspecified atom stereocenters. The fraction of sp³-hybridized carbons (Fsp3) is 0.455. The minimum absolute atomic E-state index is 0.819. The van der Waals surface area contributed by atoms with Crippen LogP contribution in [0.25, 0.3) is 5.52 Å². The number of aromatic nitrogens is 3. The van der Waals surface area contributed by atoms with Gasteiger partial charge in [-0.2, -0.15) is 5.10 Å². The second-order valence-corrected chi connectivity index (χ2v) is 4.93. The van der Waals surface area contributed by atoms with Crippen molar-refractivity contribution in [3.63, 3.8) is 0 Å². The Kier molecular flexibility index (Phi) is 3.09. The van der Waals surface area contributed by atoms with Crippen LogP contribution in [-0.4, -0.2) is 45.8 Å². The summed E-state index contributed by atoms with van der Waals surface area (Å²) in [6, 6.07) is 2.11. The Morgan fingerprint density at radius 3 is 3.00 bits per heavy atom. The van der Waals surface area contributed by atoms with E-state index in [1.54, 1.807) is 6.33 Å². The van der Waals surface area contributed by atoms with E-state index in [-0.39, 0.29) is 0 Å². The van der Waals surface area contributed by atoms with Gasteiger partial charge in [0.05, 0.1) is 30.6 Å². The van der Waals surface area contributed by atoms with Crippen LogP contribution in [0.4, 0.5) is 0 Å². The quantitative estimate of drug-likeness (QED) is 0.838. The van der Waals surface area contributed by atoms with E-state index >= 15 is 0 Å². The zero-order valence-electron chi connectivity index (χ0n) is 9.34. The van der Waals surface area contributed by atoms with Crippen LogP contribution in [-0.2, 0) is 11.3 Å². The van der Waals surface area contributed by atoms with Crippen molar-refractivity contribution in [2.75, 3.05) is 26.3 Å². The fourth-order valence-electron chi connectivity index (χ4n) is 2.08. The summed E-state index contributed by atoms with van der Waals surface area (Å²) in [4.78, 5) is 6.41. The summed E-state index contributed by atoms with van der Waals surface area (Å²) in [5, 5.41) is 4.29. The number of nitrogens with zero attached hydrogens (tertiary/aromatic N) is 4. The van der Waals surface area contributed by atoms with Gasteiger partial charge in [0.2, 0.25) is 0 Å². The topological polar surface area (TPSA) is 42.7 Å². The van der Waals surface area contributed by atoms with Gasteiger partial charge < -0.3 is 4.74 Å². The lowest BCUT2D eigenvalue weighted by atomic mass is 10.3. The Balaban J connectivity index is 1.89. The summed E-state index contributed by atoms with van der Waals surface area (Å²) in [7, 11) is 0. The molecule has 1 fully saturated rings. The van der Waals surface area contributed by atoms with Crippen LogP contribution in [0.2, 0.25) is 0 Å². The van der Waals surface area contributed by atoms with Crippen molar-refractivity contribution >= 4 is 21.4 Å². The van der Waals surface area contributed by atoms with Crippen molar-refractivity contribution < 1.29 is 4.74 Å². The molecule has 17 heavy (non-hydrogen) atoms. The van der Waals surface area contributed by atoms with Crippen LogP contribution in [0.1, 0.15) is 5.69 Å². The van der Waals surface area contributed by atoms with Gasteiger partial charge in [-0.1, -0.05) is 0 Å². The molecule has 0 atom stereocenters. The molecule has 0 radical (unpaired) electrons. The van der Waals surface area contributed by atoms with Crippen LogP contribution in [0.5, 0.6) is 0 Å². The molecular weight excluding hydrogens is 284 g/mol. The smallest absolute Gasteiger partial charge is 0.136 e. The molecule has 3 heterocycles. The summed E-state index contributed by atoms with van der Waals surface area (Å²) < 4.78 is 8.33. The highest BCUT2D eigenvalue weighted by Crippen LogP contribution is 2.22. The van der Waals surface area contributed by atoms with E-state index in [2.05, 4.69) is 37.0 Å². The molecule has 0 aromatic carbocycles.